The molecule has 0 saturated carbocycles. The maximum Gasteiger partial charge on any atom is 0.0746 e. The van der Waals surface area contributed by atoms with Crippen LogP contribution < -0.4 is 5.32 Å². The lowest BCUT2D eigenvalue weighted by Gasteiger charge is -2.37. The van der Waals surface area contributed by atoms with Crippen LogP contribution in [0.4, 0.5) is 0 Å². The number of aliphatic hydroxyl groups is 1. The van der Waals surface area contributed by atoms with Crippen molar-refractivity contribution in [2.45, 2.75) is 44.8 Å². The van der Waals surface area contributed by atoms with Crippen LogP contribution in [0.1, 0.15) is 44.7 Å². The molecule has 1 saturated heterocycles. The largest absolute Gasteiger partial charge is 0.389 e. The van der Waals surface area contributed by atoms with Gasteiger partial charge in [0.15, 0.2) is 0 Å². The molecule has 3 nitrogen and oxygen atoms in total. The molecule has 112 valence electrons. The van der Waals surface area contributed by atoms with Gasteiger partial charge in [-0.15, -0.1) is 0 Å². The van der Waals surface area contributed by atoms with Gasteiger partial charge in [0.1, 0.15) is 0 Å². The predicted octanol–water partition coefficient (Wildman–Crippen LogP) is 2.57. The predicted molar refractivity (Wildman–Crippen MR) is 83.8 cm³/mol. The van der Waals surface area contributed by atoms with Crippen molar-refractivity contribution in [2.24, 2.45) is 0 Å². The Bertz CT molecular complexity index is 391. The number of hydrogen-bond acceptors (Lipinski definition) is 3. The number of hydrogen-bond donors (Lipinski definition) is 2. The number of piperidine rings is 1. The van der Waals surface area contributed by atoms with E-state index in [4.69, 9.17) is 0 Å². The Hall–Kier alpha value is -0.900. The van der Waals surface area contributed by atoms with Gasteiger partial charge in [-0.25, -0.2) is 0 Å². The minimum atomic E-state index is -0.501. The second-order valence-electron chi connectivity index (χ2n) is 6.19. The molecular weight excluding hydrogens is 248 g/mol. The Kier molecular flexibility index (Phi) is 5.58. The van der Waals surface area contributed by atoms with Gasteiger partial charge in [-0.1, -0.05) is 37.3 Å². The summed E-state index contributed by atoms with van der Waals surface area (Å²) in [6.07, 6.45) is 3.12. The monoisotopic (exact) mass is 276 g/mol. The van der Waals surface area contributed by atoms with Crippen LogP contribution in [0.5, 0.6) is 0 Å². The summed E-state index contributed by atoms with van der Waals surface area (Å²) in [5.74, 6) is 0. The molecule has 1 aromatic carbocycles. The van der Waals surface area contributed by atoms with Crippen molar-refractivity contribution < 1.29 is 5.11 Å². The van der Waals surface area contributed by atoms with Crippen LogP contribution in [0.25, 0.3) is 0 Å². The Morgan fingerprint density at radius 2 is 2.10 bits per heavy atom. The lowest BCUT2D eigenvalue weighted by Crippen LogP contribution is -2.46. The first kappa shape index (κ1) is 15.5. The third-order valence-corrected chi connectivity index (χ3v) is 4.14. The van der Waals surface area contributed by atoms with E-state index in [0.717, 1.165) is 45.4 Å². The topological polar surface area (TPSA) is 35.5 Å². The van der Waals surface area contributed by atoms with Gasteiger partial charge in [0.25, 0.3) is 0 Å². The Morgan fingerprint density at radius 3 is 2.75 bits per heavy atom. The number of β-amino-alcohol motifs (C(OH)–C–C–N with tert-alkyl or cyclic N) is 1. The Balaban J connectivity index is 1.89. The van der Waals surface area contributed by atoms with Crippen molar-refractivity contribution in [3.63, 3.8) is 0 Å². The van der Waals surface area contributed by atoms with E-state index in [1.807, 2.05) is 6.92 Å². The molecule has 20 heavy (non-hydrogen) atoms. The number of nitrogens with one attached hydrogen (secondary N) is 1. The van der Waals surface area contributed by atoms with Gasteiger partial charge in [-0.2, -0.15) is 0 Å². The van der Waals surface area contributed by atoms with E-state index in [1.165, 1.54) is 5.56 Å². The van der Waals surface area contributed by atoms with Crippen LogP contribution in [-0.2, 0) is 0 Å². The van der Waals surface area contributed by atoms with Crippen molar-refractivity contribution in [3.05, 3.63) is 35.9 Å². The van der Waals surface area contributed by atoms with E-state index in [2.05, 4.69) is 47.5 Å². The minimum absolute atomic E-state index is 0.410. The number of likely N-dealkylation sites (tertiary alicyclic amines) is 1. The summed E-state index contributed by atoms with van der Waals surface area (Å²) in [5, 5.41) is 13.7. The van der Waals surface area contributed by atoms with Gasteiger partial charge >= 0.3 is 0 Å². The zero-order chi connectivity index (χ0) is 14.4. The highest BCUT2D eigenvalue weighted by molar-refractivity contribution is 5.18. The van der Waals surface area contributed by atoms with Crippen molar-refractivity contribution in [1.82, 2.24) is 10.2 Å². The molecule has 0 aromatic heterocycles. The summed E-state index contributed by atoms with van der Waals surface area (Å²) in [5.41, 5.74) is 0.858. The summed E-state index contributed by atoms with van der Waals surface area (Å²) >= 11 is 0. The highest BCUT2D eigenvalue weighted by Crippen LogP contribution is 2.22. The molecule has 0 spiro atoms. The first-order valence-electron chi connectivity index (χ1n) is 7.84. The third kappa shape index (κ3) is 4.58. The first-order valence-corrected chi connectivity index (χ1v) is 7.84. The lowest BCUT2D eigenvalue weighted by molar-refractivity contribution is -0.0163. The van der Waals surface area contributed by atoms with E-state index in [9.17, 15) is 5.11 Å². The van der Waals surface area contributed by atoms with Crippen molar-refractivity contribution in [1.29, 1.82) is 0 Å². The second-order valence-corrected chi connectivity index (χ2v) is 6.19. The van der Waals surface area contributed by atoms with Gasteiger partial charge in [0.05, 0.1) is 5.60 Å². The van der Waals surface area contributed by atoms with E-state index in [0.29, 0.717) is 6.04 Å². The fourth-order valence-electron chi connectivity index (χ4n) is 3.14. The van der Waals surface area contributed by atoms with E-state index in [-0.39, 0.29) is 0 Å². The molecule has 0 bridgehead atoms. The van der Waals surface area contributed by atoms with Gasteiger partial charge in [-0.3, -0.25) is 0 Å². The van der Waals surface area contributed by atoms with E-state index in [1.54, 1.807) is 0 Å². The molecular formula is C17H28N2O. The first-order chi connectivity index (χ1) is 9.61. The molecule has 2 unspecified atom stereocenters. The fraction of sp³-hybridized carbons (Fsp3) is 0.647. The van der Waals surface area contributed by atoms with Gasteiger partial charge in [-0.05, 0) is 44.8 Å². The van der Waals surface area contributed by atoms with Crippen LogP contribution in [0.15, 0.2) is 30.3 Å². The summed E-state index contributed by atoms with van der Waals surface area (Å²) < 4.78 is 0. The highest BCUT2D eigenvalue weighted by atomic mass is 16.3. The van der Waals surface area contributed by atoms with Crippen LogP contribution in [0.3, 0.4) is 0 Å². The van der Waals surface area contributed by atoms with Gasteiger partial charge < -0.3 is 15.3 Å². The van der Waals surface area contributed by atoms with E-state index >= 15 is 0 Å². The average molecular weight is 276 g/mol. The van der Waals surface area contributed by atoms with Gasteiger partial charge in [0.2, 0.25) is 0 Å². The molecule has 1 aliphatic heterocycles. The fourth-order valence-corrected chi connectivity index (χ4v) is 3.14. The molecule has 1 aliphatic rings. The summed E-state index contributed by atoms with van der Waals surface area (Å²) in [4.78, 5) is 2.40. The van der Waals surface area contributed by atoms with Crippen LogP contribution in [0, 0.1) is 0 Å². The average Bonchev–Trinajstić information content (AvgIpc) is 2.43. The molecule has 0 amide bonds. The van der Waals surface area contributed by atoms with Crippen molar-refractivity contribution >= 4 is 0 Å². The summed E-state index contributed by atoms with van der Waals surface area (Å²) in [6, 6.07) is 11.1. The van der Waals surface area contributed by atoms with Crippen molar-refractivity contribution in [3.8, 4) is 0 Å². The zero-order valence-corrected chi connectivity index (χ0v) is 12.8. The maximum absolute atomic E-state index is 10.2. The SMILES string of the molecule is CCNC(CCN1CCCC(C)(O)C1)c1ccccc1. The Labute approximate surface area is 123 Å². The molecule has 2 rings (SSSR count). The number of rotatable bonds is 6. The van der Waals surface area contributed by atoms with Crippen molar-refractivity contribution in [2.75, 3.05) is 26.2 Å². The maximum atomic E-state index is 10.2. The molecule has 0 radical (unpaired) electrons. The molecule has 1 fully saturated rings. The molecule has 2 N–H and O–H groups in total. The van der Waals surface area contributed by atoms with Crippen LogP contribution >= 0.6 is 0 Å². The molecule has 3 heteroatoms. The number of benzene rings is 1. The minimum Gasteiger partial charge on any atom is -0.389 e. The highest BCUT2D eigenvalue weighted by Gasteiger charge is 2.28. The third-order valence-electron chi connectivity index (χ3n) is 4.14. The van der Waals surface area contributed by atoms with Crippen LogP contribution in [0.2, 0.25) is 0 Å². The summed E-state index contributed by atoms with van der Waals surface area (Å²) in [7, 11) is 0. The normalized spacial score (nSPS) is 25.6. The molecule has 0 aliphatic carbocycles. The Morgan fingerprint density at radius 1 is 1.35 bits per heavy atom. The van der Waals surface area contributed by atoms with Crippen LogP contribution in [-0.4, -0.2) is 41.8 Å². The lowest BCUT2D eigenvalue weighted by atomic mass is 9.94. The molecule has 1 aromatic rings. The zero-order valence-electron chi connectivity index (χ0n) is 12.8. The second kappa shape index (κ2) is 7.21. The molecule has 1 heterocycles. The van der Waals surface area contributed by atoms with E-state index < -0.39 is 5.60 Å². The number of nitrogens with zero attached hydrogens (tertiary/aromatic N) is 1. The van der Waals surface area contributed by atoms with Gasteiger partial charge in [0, 0.05) is 19.1 Å². The summed E-state index contributed by atoms with van der Waals surface area (Å²) in [6.45, 7) is 8.06. The smallest absolute Gasteiger partial charge is 0.0746 e. The quantitative estimate of drug-likeness (QED) is 0.838. The molecule has 2 atom stereocenters. The standard InChI is InChI=1S/C17H28N2O/c1-3-18-16(15-8-5-4-6-9-15)10-13-19-12-7-11-17(2,20)14-19/h4-6,8-9,16,18,20H,3,7,10-14H2,1-2H3.